The Morgan fingerprint density at radius 2 is 1.58 bits per heavy atom. The number of carbonyl (C=O) groups is 1. The monoisotopic (exact) mass is 270 g/mol. The van der Waals surface area contributed by atoms with E-state index in [4.69, 9.17) is 11.6 Å². The lowest BCUT2D eigenvalue weighted by Gasteiger charge is -2.08. The number of carbonyl (C=O) groups excluding carboxylic acids is 1. The van der Waals surface area contributed by atoms with Crippen molar-refractivity contribution < 1.29 is 4.79 Å². The molecule has 0 radical (unpaired) electrons. The minimum Gasteiger partial charge on any atom is -0.297 e. The van der Waals surface area contributed by atoms with Crippen molar-refractivity contribution in [2.45, 2.75) is 17.7 Å². The quantitative estimate of drug-likeness (QED) is 0.756. The summed E-state index contributed by atoms with van der Waals surface area (Å²) < 4.78 is 0. The van der Waals surface area contributed by atoms with Crippen LogP contribution >= 0.6 is 11.6 Å². The number of Topliss-reactive ketones (excluding diaryl/α,β-unsaturated/α-hetero) is 1. The predicted octanol–water partition coefficient (Wildman–Crippen LogP) is 4.34. The van der Waals surface area contributed by atoms with Crippen LogP contribution in [0, 0.1) is 5.92 Å². The molecule has 0 saturated heterocycles. The van der Waals surface area contributed by atoms with Crippen molar-refractivity contribution in [3.8, 4) is 0 Å². The third kappa shape index (κ3) is 2.57. The Morgan fingerprint density at radius 1 is 1.00 bits per heavy atom. The van der Waals surface area contributed by atoms with Crippen LogP contribution in [0.4, 0.5) is 0 Å². The summed E-state index contributed by atoms with van der Waals surface area (Å²) in [6.07, 6.45) is 0.929. The maximum atomic E-state index is 12.4. The summed E-state index contributed by atoms with van der Waals surface area (Å²) in [4.78, 5) is 12.4. The molecule has 1 fully saturated rings. The summed E-state index contributed by atoms with van der Waals surface area (Å²) in [6.45, 7) is 0. The Balaban J connectivity index is 1.70. The van der Waals surface area contributed by atoms with Gasteiger partial charge >= 0.3 is 0 Å². The highest BCUT2D eigenvalue weighted by atomic mass is 35.5. The highest BCUT2D eigenvalue weighted by molar-refractivity contribution is 6.31. The molecule has 0 N–H and O–H groups in total. The molecular formula is C17H15ClO. The van der Waals surface area contributed by atoms with Crippen LogP contribution in [0.5, 0.6) is 0 Å². The molecule has 0 spiro atoms. The first-order chi connectivity index (χ1) is 9.27. The maximum Gasteiger partial charge on any atom is 0.158 e. The Bertz CT molecular complexity index is 564. The van der Waals surface area contributed by atoms with Crippen LogP contribution in [0.3, 0.4) is 0 Å². The molecule has 2 heteroatoms. The number of rotatable bonds is 4. The summed E-state index contributed by atoms with van der Waals surface area (Å²) in [5.41, 5.74) is 2.14. The molecule has 3 atom stereocenters. The standard InChI is InChI=1S/C17H15ClO/c18-16(13-9-5-2-6-10-13)17(19)15-11-14(15)12-7-3-1-4-8-12/h1-10,14-16H,11H2. The number of halogens is 1. The van der Waals surface area contributed by atoms with Crippen LogP contribution in [0.2, 0.25) is 0 Å². The van der Waals surface area contributed by atoms with Gasteiger partial charge in [0, 0.05) is 5.92 Å². The number of hydrogen-bond donors (Lipinski definition) is 0. The van der Waals surface area contributed by atoms with E-state index in [0.717, 1.165) is 12.0 Å². The molecule has 0 heterocycles. The lowest BCUT2D eigenvalue weighted by molar-refractivity contribution is -0.120. The average molecular weight is 271 g/mol. The van der Waals surface area contributed by atoms with E-state index in [9.17, 15) is 4.79 Å². The smallest absolute Gasteiger partial charge is 0.158 e. The van der Waals surface area contributed by atoms with Crippen molar-refractivity contribution in [1.29, 1.82) is 0 Å². The molecule has 0 amide bonds. The fourth-order valence-corrected chi connectivity index (χ4v) is 2.86. The summed E-state index contributed by atoms with van der Waals surface area (Å²) >= 11 is 6.29. The van der Waals surface area contributed by atoms with E-state index < -0.39 is 5.38 Å². The van der Waals surface area contributed by atoms with E-state index in [1.54, 1.807) is 0 Å². The zero-order valence-corrected chi connectivity index (χ0v) is 11.3. The summed E-state index contributed by atoms with van der Waals surface area (Å²) in [6, 6.07) is 19.8. The highest BCUT2D eigenvalue weighted by Crippen LogP contribution is 2.50. The second-order valence-electron chi connectivity index (χ2n) is 5.03. The predicted molar refractivity (Wildman–Crippen MR) is 77.3 cm³/mol. The summed E-state index contributed by atoms with van der Waals surface area (Å²) in [5, 5.41) is -0.514. The Labute approximate surface area is 118 Å². The maximum absolute atomic E-state index is 12.4. The SMILES string of the molecule is O=C(C(Cl)c1ccccc1)C1CC1c1ccccc1. The number of alkyl halides is 1. The molecule has 96 valence electrons. The van der Waals surface area contributed by atoms with Gasteiger partial charge in [-0.05, 0) is 23.5 Å². The topological polar surface area (TPSA) is 17.1 Å². The van der Waals surface area contributed by atoms with Gasteiger partial charge in [-0.1, -0.05) is 60.7 Å². The van der Waals surface area contributed by atoms with E-state index in [2.05, 4.69) is 12.1 Å². The molecule has 1 nitrogen and oxygen atoms in total. The summed E-state index contributed by atoms with van der Waals surface area (Å²) in [7, 11) is 0. The molecule has 1 saturated carbocycles. The van der Waals surface area contributed by atoms with Gasteiger partial charge in [0.05, 0.1) is 0 Å². The van der Waals surface area contributed by atoms with Crippen LogP contribution in [0.1, 0.15) is 28.8 Å². The molecule has 3 rings (SSSR count). The number of hydrogen-bond acceptors (Lipinski definition) is 1. The van der Waals surface area contributed by atoms with Gasteiger partial charge in [0.25, 0.3) is 0 Å². The minimum absolute atomic E-state index is 0.0881. The molecule has 19 heavy (non-hydrogen) atoms. The van der Waals surface area contributed by atoms with Gasteiger partial charge in [-0.3, -0.25) is 4.79 Å². The van der Waals surface area contributed by atoms with Gasteiger partial charge in [-0.15, -0.1) is 11.6 Å². The zero-order chi connectivity index (χ0) is 13.2. The largest absolute Gasteiger partial charge is 0.297 e. The fraction of sp³-hybridized carbons (Fsp3) is 0.235. The first kappa shape index (κ1) is 12.4. The molecule has 2 aromatic carbocycles. The van der Waals surface area contributed by atoms with Crippen molar-refractivity contribution in [1.82, 2.24) is 0 Å². The van der Waals surface area contributed by atoms with E-state index in [1.165, 1.54) is 5.56 Å². The first-order valence-corrected chi connectivity index (χ1v) is 6.98. The van der Waals surface area contributed by atoms with E-state index in [-0.39, 0.29) is 11.7 Å². The van der Waals surface area contributed by atoms with E-state index >= 15 is 0 Å². The van der Waals surface area contributed by atoms with Gasteiger partial charge in [0.1, 0.15) is 5.38 Å². The molecule has 2 aromatic rings. The van der Waals surface area contributed by atoms with Crippen molar-refractivity contribution in [3.63, 3.8) is 0 Å². The van der Waals surface area contributed by atoms with Gasteiger partial charge in [-0.25, -0.2) is 0 Å². The van der Waals surface area contributed by atoms with Crippen LogP contribution in [-0.4, -0.2) is 5.78 Å². The van der Waals surface area contributed by atoms with E-state index in [0.29, 0.717) is 5.92 Å². The summed E-state index contributed by atoms with van der Waals surface area (Å²) in [5.74, 6) is 0.602. The van der Waals surface area contributed by atoms with Crippen molar-refractivity contribution in [2.75, 3.05) is 0 Å². The normalized spacial score (nSPS) is 22.8. The van der Waals surface area contributed by atoms with Crippen LogP contribution in [-0.2, 0) is 4.79 Å². The van der Waals surface area contributed by atoms with Crippen molar-refractivity contribution >= 4 is 17.4 Å². The Kier molecular flexibility index (Phi) is 3.39. The third-order valence-corrected chi connectivity index (χ3v) is 4.19. The van der Waals surface area contributed by atoms with E-state index in [1.807, 2.05) is 48.5 Å². The van der Waals surface area contributed by atoms with Crippen LogP contribution < -0.4 is 0 Å². The molecule has 1 aliphatic carbocycles. The molecular weight excluding hydrogens is 256 g/mol. The molecule has 1 aliphatic rings. The Hall–Kier alpha value is -1.60. The lowest BCUT2D eigenvalue weighted by atomic mass is 10.0. The first-order valence-electron chi connectivity index (χ1n) is 6.55. The second-order valence-corrected chi connectivity index (χ2v) is 5.47. The van der Waals surface area contributed by atoms with Gasteiger partial charge < -0.3 is 0 Å². The minimum atomic E-state index is -0.514. The number of benzene rings is 2. The molecule has 0 aromatic heterocycles. The lowest BCUT2D eigenvalue weighted by Crippen LogP contribution is -2.10. The molecule has 3 unspecified atom stereocenters. The van der Waals surface area contributed by atoms with Gasteiger partial charge in [0.2, 0.25) is 0 Å². The Morgan fingerprint density at radius 3 is 2.21 bits per heavy atom. The fourth-order valence-electron chi connectivity index (χ4n) is 2.55. The van der Waals surface area contributed by atoms with Crippen molar-refractivity contribution in [2.24, 2.45) is 5.92 Å². The third-order valence-electron chi connectivity index (χ3n) is 3.73. The van der Waals surface area contributed by atoms with Crippen LogP contribution in [0.25, 0.3) is 0 Å². The molecule has 0 bridgehead atoms. The molecule has 0 aliphatic heterocycles. The zero-order valence-electron chi connectivity index (χ0n) is 10.5. The van der Waals surface area contributed by atoms with Crippen LogP contribution in [0.15, 0.2) is 60.7 Å². The van der Waals surface area contributed by atoms with Gasteiger partial charge in [-0.2, -0.15) is 0 Å². The second kappa shape index (κ2) is 5.18. The van der Waals surface area contributed by atoms with Crippen molar-refractivity contribution in [3.05, 3.63) is 71.8 Å². The number of ketones is 1. The average Bonchev–Trinajstić information content (AvgIpc) is 3.28. The highest BCUT2D eigenvalue weighted by Gasteiger charge is 2.45. The van der Waals surface area contributed by atoms with Gasteiger partial charge in [0.15, 0.2) is 5.78 Å².